The van der Waals surface area contributed by atoms with Gasteiger partial charge in [0.05, 0.1) is 18.1 Å². The van der Waals surface area contributed by atoms with E-state index < -0.39 is 0 Å². The van der Waals surface area contributed by atoms with Crippen molar-refractivity contribution in [3.8, 4) is 11.8 Å². The van der Waals surface area contributed by atoms with Crippen LogP contribution in [-0.4, -0.2) is 6.61 Å². The van der Waals surface area contributed by atoms with Crippen LogP contribution in [0.4, 0.5) is 0 Å². The van der Waals surface area contributed by atoms with E-state index in [0.717, 1.165) is 30.6 Å². The van der Waals surface area contributed by atoms with Crippen molar-refractivity contribution in [3.63, 3.8) is 0 Å². The minimum Gasteiger partial charge on any atom is -0.493 e. The molecule has 0 saturated carbocycles. The maximum atomic E-state index is 8.92. The van der Waals surface area contributed by atoms with Crippen LogP contribution in [0.1, 0.15) is 38.7 Å². The molecule has 0 atom stereocenters. The smallest absolute Gasteiger partial charge is 0.123 e. The molecule has 4 heteroatoms. The lowest BCUT2D eigenvalue weighted by molar-refractivity contribution is 0.292. The average Bonchev–Trinajstić information content (AvgIpc) is 2.39. The summed E-state index contributed by atoms with van der Waals surface area (Å²) in [6.07, 6.45) is 2.79. The van der Waals surface area contributed by atoms with Crippen LogP contribution in [0.5, 0.6) is 5.75 Å². The maximum Gasteiger partial charge on any atom is 0.123 e. The quantitative estimate of drug-likeness (QED) is 0.771. The molecule has 0 aromatic heterocycles. The third-order valence-electron chi connectivity index (χ3n) is 3.00. The zero-order valence-corrected chi connectivity index (χ0v) is 12.3. The number of rotatable bonds is 7. The maximum absolute atomic E-state index is 8.92. The minimum atomic E-state index is -0.247. The topological polar surface area (TPSA) is 59.0 Å². The lowest BCUT2D eigenvalue weighted by Crippen LogP contribution is -2.09. The highest BCUT2D eigenvalue weighted by Gasteiger charge is 2.15. The highest BCUT2D eigenvalue weighted by molar-refractivity contribution is 6.30. The van der Waals surface area contributed by atoms with Crippen LogP contribution in [0.15, 0.2) is 18.2 Å². The molecule has 19 heavy (non-hydrogen) atoms. The summed E-state index contributed by atoms with van der Waals surface area (Å²) in [5, 5.41) is 9.59. The van der Waals surface area contributed by atoms with Gasteiger partial charge in [0.1, 0.15) is 5.75 Å². The highest BCUT2D eigenvalue weighted by atomic mass is 35.5. The fraction of sp³-hybridized carbons (Fsp3) is 0.533. The van der Waals surface area contributed by atoms with Gasteiger partial charge in [-0.3, -0.25) is 0 Å². The van der Waals surface area contributed by atoms with Gasteiger partial charge in [0, 0.05) is 17.1 Å². The Balaban J connectivity index is 2.36. The summed E-state index contributed by atoms with van der Waals surface area (Å²) in [6, 6.07) is 7.78. The molecular formula is C15H21ClN2O. The van der Waals surface area contributed by atoms with E-state index in [1.807, 2.05) is 26.0 Å². The number of nitriles is 1. The number of unbranched alkanes of at least 4 members (excludes halogenated alkanes) is 1. The Morgan fingerprint density at radius 3 is 2.74 bits per heavy atom. The van der Waals surface area contributed by atoms with Gasteiger partial charge in [-0.1, -0.05) is 11.6 Å². The van der Waals surface area contributed by atoms with Crippen LogP contribution in [0.25, 0.3) is 0 Å². The van der Waals surface area contributed by atoms with Gasteiger partial charge in [-0.15, -0.1) is 0 Å². The van der Waals surface area contributed by atoms with Gasteiger partial charge >= 0.3 is 0 Å². The van der Waals surface area contributed by atoms with Crippen LogP contribution in [0.2, 0.25) is 5.02 Å². The zero-order valence-electron chi connectivity index (χ0n) is 11.6. The zero-order chi connectivity index (χ0) is 14.3. The highest BCUT2D eigenvalue weighted by Crippen LogP contribution is 2.24. The Hall–Kier alpha value is -1.24. The number of nitrogens with zero attached hydrogens (tertiary/aromatic N) is 1. The molecule has 0 aliphatic carbocycles. The van der Waals surface area contributed by atoms with Gasteiger partial charge in [-0.05, 0) is 51.3 Å². The van der Waals surface area contributed by atoms with Crippen LogP contribution in [0.3, 0.4) is 0 Å². The van der Waals surface area contributed by atoms with E-state index in [1.54, 1.807) is 6.07 Å². The van der Waals surface area contributed by atoms with E-state index >= 15 is 0 Å². The summed E-state index contributed by atoms with van der Waals surface area (Å²) in [5.74, 6) is 0.798. The Kier molecular flexibility index (Phi) is 6.14. The van der Waals surface area contributed by atoms with Gasteiger partial charge in [0.15, 0.2) is 0 Å². The summed E-state index contributed by atoms with van der Waals surface area (Å²) in [7, 11) is 0. The minimum absolute atomic E-state index is 0.247. The number of hydrogen-bond acceptors (Lipinski definition) is 3. The molecule has 1 rings (SSSR count). The molecule has 0 fully saturated rings. The molecule has 3 nitrogen and oxygen atoms in total. The van der Waals surface area contributed by atoms with Crippen molar-refractivity contribution in [1.29, 1.82) is 5.26 Å². The van der Waals surface area contributed by atoms with Crippen molar-refractivity contribution in [2.45, 2.75) is 39.7 Å². The first-order valence-electron chi connectivity index (χ1n) is 6.51. The van der Waals surface area contributed by atoms with Gasteiger partial charge in [-0.2, -0.15) is 5.26 Å². The molecule has 0 radical (unpaired) electrons. The molecule has 1 aromatic carbocycles. The number of halogens is 1. The van der Waals surface area contributed by atoms with Gasteiger partial charge < -0.3 is 10.5 Å². The van der Waals surface area contributed by atoms with E-state index in [2.05, 4.69) is 6.07 Å². The number of hydrogen-bond donors (Lipinski definition) is 1. The molecule has 0 saturated heterocycles. The van der Waals surface area contributed by atoms with E-state index in [-0.39, 0.29) is 5.41 Å². The van der Waals surface area contributed by atoms with Gasteiger partial charge in [0.2, 0.25) is 0 Å². The lowest BCUT2D eigenvalue weighted by Gasteiger charge is -2.15. The molecule has 0 heterocycles. The standard InChI is InChI=1S/C15H21ClN2O/c1-15(2,11-18)7-3-4-8-19-14-6-5-13(16)9-12(14)10-17/h5-6,9H,3-4,7-8,10,17H2,1-2H3. The molecular weight excluding hydrogens is 260 g/mol. The number of benzene rings is 1. The number of ether oxygens (including phenoxy) is 1. The molecule has 0 amide bonds. The molecule has 0 aliphatic rings. The van der Waals surface area contributed by atoms with Gasteiger partial charge in [0.25, 0.3) is 0 Å². The predicted molar refractivity (Wildman–Crippen MR) is 78.1 cm³/mol. The summed E-state index contributed by atoms with van der Waals surface area (Å²) in [4.78, 5) is 0. The first kappa shape index (κ1) is 15.8. The molecule has 0 aliphatic heterocycles. The van der Waals surface area contributed by atoms with E-state index in [9.17, 15) is 0 Å². The second-order valence-corrected chi connectivity index (χ2v) is 5.69. The Morgan fingerprint density at radius 2 is 2.11 bits per heavy atom. The third kappa shape index (κ3) is 5.50. The fourth-order valence-electron chi connectivity index (χ4n) is 1.76. The Morgan fingerprint density at radius 1 is 1.37 bits per heavy atom. The summed E-state index contributed by atoms with van der Waals surface area (Å²) < 4.78 is 5.71. The second-order valence-electron chi connectivity index (χ2n) is 5.26. The fourth-order valence-corrected chi connectivity index (χ4v) is 1.95. The Labute approximate surface area is 120 Å². The first-order valence-corrected chi connectivity index (χ1v) is 6.89. The van der Waals surface area contributed by atoms with Crippen LogP contribution in [0, 0.1) is 16.7 Å². The van der Waals surface area contributed by atoms with E-state index in [0.29, 0.717) is 18.2 Å². The second kappa shape index (κ2) is 7.37. The SMILES string of the molecule is CC(C)(C#N)CCCCOc1ccc(Cl)cc1CN. The summed E-state index contributed by atoms with van der Waals surface area (Å²) in [5.41, 5.74) is 6.32. The molecule has 2 N–H and O–H groups in total. The predicted octanol–water partition coefficient (Wildman–Crippen LogP) is 3.90. The molecule has 0 bridgehead atoms. The van der Waals surface area contributed by atoms with Crippen molar-refractivity contribution in [1.82, 2.24) is 0 Å². The van der Waals surface area contributed by atoms with E-state index in [4.69, 9.17) is 27.3 Å². The van der Waals surface area contributed by atoms with Crippen molar-refractivity contribution < 1.29 is 4.74 Å². The number of nitrogens with two attached hydrogens (primary N) is 1. The molecule has 104 valence electrons. The average molecular weight is 281 g/mol. The third-order valence-corrected chi connectivity index (χ3v) is 3.23. The van der Waals surface area contributed by atoms with Crippen LogP contribution >= 0.6 is 11.6 Å². The monoisotopic (exact) mass is 280 g/mol. The summed E-state index contributed by atoms with van der Waals surface area (Å²) >= 11 is 5.90. The first-order chi connectivity index (χ1) is 8.98. The van der Waals surface area contributed by atoms with Crippen molar-refractivity contribution in [3.05, 3.63) is 28.8 Å². The van der Waals surface area contributed by atoms with Crippen LogP contribution in [-0.2, 0) is 6.54 Å². The Bertz CT molecular complexity index is 452. The van der Waals surface area contributed by atoms with Gasteiger partial charge in [-0.25, -0.2) is 0 Å². The van der Waals surface area contributed by atoms with Crippen molar-refractivity contribution >= 4 is 11.6 Å². The van der Waals surface area contributed by atoms with Crippen molar-refractivity contribution in [2.24, 2.45) is 11.1 Å². The van der Waals surface area contributed by atoms with Crippen LogP contribution < -0.4 is 10.5 Å². The van der Waals surface area contributed by atoms with Crippen molar-refractivity contribution in [2.75, 3.05) is 6.61 Å². The normalized spacial score (nSPS) is 11.1. The summed E-state index contributed by atoms with van der Waals surface area (Å²) in [6.45, 7) is 4.96. The lowest BCUT2D eigenvalue weighted by atomic mass is 9.89. The molecule has 0 spiro atoms. The molecule has 1 aromatic rings. The molecule has 0 unspecified atom stereocenters. The van der Waals surface area contributed by atoms with E-state index in [1.165, 1.54) is 0 Å². The largest absolute Gasteiger partial charge is 0.493 e.